The van der Waals surface area contributed by atoms with Gasteiger partial charge in [0.25, 0.3) is 0 Å². The van der Waals surface area contributed by atoms with E-state index in [1.54, 1.807) is 0 Å². The normalized spacial score (nSPS) is 40.2. The Kier molecular flexibility index (Phi) is 2.05. The summed E-state index contributed by atoms with van der Waals surface area (Å²) in [4.78, 5) is 11.8. The first kappa shape index (κ1) is 8.98. The summed E-state index contributed by atoms with van der Waals surface area (Å²) in [5.74, 6) is 0.661. The van der Waals surface area contributed by atoms with Crippen LogP contribution in [-0.4, -0.2) is 5.78 Å². The minimum Gasteiger partial charge on any atom is -0.299 e. The number of Topliss-reactive ketones (excluding diaryl/α,β-unsaturated/α-hetero) is 1. The summed E-state index contributed by atoms with van der Waals surface area (Å²) in [5, 5.41) is 0. The number of fused-ring (bicyclic) bond motifs is 1. The van der Waals surface area contributed by atoms with Crippen LogP contribution in [0.25, 0.3) is 0 Å². The van der Waals surface area contributed by atoms with Crippen LogP contribution >= 0.6 is 0 Å². The molecule has 0 radical (unpaired) electrons. The summed E-state index contributed by atoms with van der Waals surface area (Å²) >= 11 is 0. The Morgan fingerprint density at radius 2 is 1.92 bits per heavy atom. The van der Waals surface area contributed by atoms with Gasteiger partial charge in [-0.1, -0.05) is 19.1 Å². The van der Waals surface area contributed by atoms with Crippen molar-refractivity contribution in [2.24, 2.45) is 11.3 Å². The molecular formula is C12H18O. The number of allylic oxidation sites excluding steroid dienone is 1. The molecular weight excluding hydrogens is 160 g/mol. The summed E-state index contributed by atoms with van der Waals surface area (Å²) in [6, 6.07) is 0. The lowest BCUT2D eigenvalue weighted by atomic mass is 9.58. The van der Waals surface area contributed by atoms with Crippen molar-refractivity contribution in [2.75, 3.05) is 0 Å². The van der Waals surface area contributed by atoms with Crippen LogP contribution < -0.4 is 0 Å². The van der Waals surface area contributed by atoms with E-state index in [1.807, 2.05) is 0 Å². The van der Waals surface area contributed by atoms with Crippen LogP contribution in [0.5, 0.6) is 0 Å². The molecule has 0 amide bonds. The lowest BCUT2D eigenvalue weighted by Gasteiger charge is -2.45. The van der Waals surface area contributed by atoms with E-state index in [-0.39, 0.29) is 11.3 Å². The van der Waals surface area contributed by atoms with Gasteiger partial charge in [0.05, 0.1) is 0 Å². The first-order chi connectivity index (χ1) is 6.13. The maximum Gasteiger partial charge on any atom is 0.140 e. The van der Waals surface area contributed by atoms with Crippen LogP contribution in [0.2, 0.25) is 0 Å². The molecule has 0 aliphatic heterocycles. The van der Waals surface area contributed by atoms with Gasteiger partial charge >= 0.3 is 0 Å². The zero-order chi connectivity index (χ0) is 9.47. The molecule has 2 atom stereocenters. The molecule has 1 heteroatoms. The van der Waals surface area contributed by atoms with Crippen molar-refractivity contribution in [3.8, 4) is 0 Å². The summed E-state index contributed by atoms with van der Waals surface area (Å²) in [6.45, 7) is 6.35. The van der Waals surface area contributed by atoms with Gasteiger partial charge in [0, 0.05) is 12.3 Å². The average Bonchev–Trinajstić information content (AvgIpc) is 2.02. The number of carbonyl (C=O) groups excluding carboxylic acids is 1. The van der Waals surface area contributed by atoms with E-state index in [9.17, 15) is 4.79 Å². The molecule has 0 aromatic carbocycles. The maximum absolute atomic E-state index is 11.8. The van der Waals surface area contributed by atoms with Gasteiger partial charge in [-0.2, -0.15) is 0 Å². The number of rotatable bonds is 0. The van der Waals surface area contributed by atoms with E-state index in [0.717, 1.165) is 19.3 Å². The summed E-state index contributed by atoms with van der Waals surface area (Å²) in [5.41, 5.74) is 1.48. The third-order valence-corrected chi connectivity index (χ3v) is 3.84. The van der Waals surface area contributed by atoms with Crippen LogP contribution in [0, 0.1) is 11.3 Å². The molecule has 0 spiro atoms. The zero-order valence-electron chi connectivity index (χ0n) is 8.44. The van der Waals surface area contributed by atoms with Gasteiger partial charge in [-0.15, -0.1) is 0 Å². The Balaban J connectivity index is 2.29. The molecule has 72 valence electrons. The second kappa shape index (κ2) is 2.97. The zero-order valence-corrected chi connectivity index (χ0v) is 8.44. The molecule has 2 rings (SSSR count). The highest BCUT2D eigenvalue weighted by Crippen LogP contribution is 2.50. The van der Waals surface area contributed by atoms with Gasteiger partial charge in [-0.25, -0.2) is 0 Å². The minimum atomic E-state index is 0.204. The number of carbonyl (C=O) groups is 1. The molecule has 0 N–H and O–H groups in total. The number of hydrogen-bond acceptors (Lipinski definition) is 1. The van der Waals surface area contributed by atoms with E-state index in [0.29, 0.717) is 5.78 Å². The molecule has 2 aliphatic carbocycles. The highest BCUT2D eigenvalue weighted by Gasteiger charge is 2.44. The number of hydrogen-bond donors (Lipinski definition) is 0. The lowest BCUT2D eigenvalue weighted by Crippen LogP contribution is -2.40. The van der Waals surface area contributed by atoms with Crippen molar-refractivity contribution in [1.29, 1.82) is 0 Å². The molecule has 1 nitrogen and oxygen atoms in total. The van der Waals surface area contributed by atoms with Crippen LogP contribution in [0.3, 0.4) is 0 Å². The van der Waals surface area contributed by atoms with Crippen molar-refractivity contribution < 1.29 is 4.79 Å². The van der Waals surface area contributed by atoms with Crippen molar-refractivity contribution >= 4 is 5.78 Å². The Morgan fingerprint density at radius 1 is 1.31 bits per heavy atom. The van der Waals surface area contributed by atoms with E-state index in [2.05, 4.69) is 13.5 Å². The van der Waals surface area contributed by atoms with E-state index < -0.39 is 0 Å². The lowest BCUT2D eigenvalue weighted by molar-refractivity contribution is -0.129. The molecule has 0 bridgehead atoms. The molecule has 0 heterocycles. The Morgan fingerprint density at radius 3 is 2.54 bits per heavy atom. The first-order valence-corrected chi connectivity index (χ1v) is 5.34. The third kappa shape index (κ3) is 1.34. The van der Waals surface area contributed by atoms with Crippen molar-refractivity contribution in [1.82, 2.24) is 0 Å². The standard InChI is InChI=1S/C12H18O/c1-9-5-3-7-12(2)8-4-6-10(13)11(9)12/h11H,1,3-8H2,2H3. The van der Waals surface area contributed by atoms with Crippen molar-refractivity contribution in [3.05, 3.63) is 12.2 Å². The molecule has 2 saturated carbocycles. The third-order valence-electron chi connectivity index (χ3n) is 3.84. The highest BCUT2D eigenvalue weighted by atomic mass is 16.1. The number of ketones is 1. The molecule has 2 fully saturated rings. The molecule has 0 aromatic rings. The van der Waals surface area contributed by atoms with Crippen LogP contribution in [0.4, 0.5) is 0 Å². The van der Waals surface area contributed by atoms with Crippen molar-refractivity contribution in [3.63, 3.8) is 0 Å². The first-order valence-electron chi connectivity index (χ1n) is 5.34. The van der Waals surface area contributed by atoms with Crippen LogP contribution in [0.1, 0.15) is 45.4 Å². The van der Waals surface area contributed by atoms with Crippen LogP contribution in [-0.2, 0) is 4.79 Å². The van der Waals surface area contributed by atoms with Crippen molar-refractivity contribution in [2.45, 2.75) is 45.4 Å². The van der Waals surface area contributed by atoms with Gasteiger partial charge in [0.2, 0.25) is 0 Å². The van der Waals surface area contributed by atoms with E-state index in [4.69, 9.17) is 0 Å². The average molecular weight is 178 g/mol. The smallest absolute Gasteiger partial charge is 0.140 e. The Labute approximate surface area is 80.2 Å². The Hall–Kier alpha value is -0.590. The quantitative estimate of drug-likeness (QED) is 0.521. The fourth-order valence-corrected chi connectivity index (χ4v) is 3.20. The summed E-state index contributed by atoms with van der Waals surface area (Å²) in [7, 11) is 0. The predicted molar refractivity (Wildman–Crippen MR) is 53.4 cm³/mol. The predicted octanol–water partition coefficient (Wildman–Crippen LogP) is 3.10. The fraction of sp³-hybridized carbons (Fsp3) is 0.750. The summed E-state index contributed by atoms with van der Waals surface area (Å²) in [6.07, 6.45) is 6.65. The second-order valence-corrected chi connectivity index (χ2v) is 4.92. The van der Waals surface area contributed by atoms with Gasteiger partial charge in [0.1, 0.15) is 5.78 Å². The van der Waals surface area contributed by atoms with E-state index in [1.165, 1.54) is 24.8 Å². The molecule has 13 heavy (non-hydrogen) atoms. The Bertz CT molecular complexity index is 230. The topological polar surface area (TPSA) is 17.1 Å². The molecule has 2 aliphatic rings. The van der Waals surface area contributed by atoms with Crippen LogP contribution in [0.15, 0.2) is 12.2 Å². The van der Waals surface area contributed by atoms with Gasteiger partial charge < -0.3 is 0 Å². The van der Waals surface area contributed by atoms with Gasteiger partial charge in [-0.05, 0) is 37.5 Å². The fourth-order valence-electron chi connectivity index (χ4n) is 3.20. The molecule has 2 unspecified atom stereocenters. The second-order valence-electron chi connectivity index (χ2n) is 4.92. The monoisotopic (exact) mass is 178 g/mol. The molecule has 0 saturated heterocycles. The summed E-state index contributed by atoms with van der Waals surface area (Å²) < 4.78 is 0. The SMILES string of the molecule is C=C1CCCC2(C)CCCC(=O)C12. The minimum absolute atomic E-state index is 0.204. The van der Waals surface area contributed by atoms with E-state index >= 15 is 0 Å². The molecule has 0 aromatic heterocycles. The maximum atomic E-state index is 11.8. The van der Waals surface area contributed by atoms with Gasteiger partial charge in [0.15, 0.2) is 0 Å². The largest absolute Gasteiger partial charge is 0.299 e. The van der Waals surface area contributed by atoms with Gasteiger partial charge in [-0.3, -0.25) is 4.79 Å². The highest BCUT2D eigenvalue weighted by molar-refractivity contribution is 5.85.